The Bertz CT molecular complexity index is 1340. The van der Waals surface area contributed by atoms with Crippen molar-refractivity contribution in [2.24, 2.45) is 0 Å². The molecule has 3 aromatic rings. The molecule has 1 aromatic carbocycles. The zero-order chi connectivity index (χ0) is 24.9. The summed E-state index contributed by atoms with van der Waals surface area (Å²) in [7, 11) is 0. The van der Waals surface area contributed by atoms with E-state index in [0.29, 0.717) is 57.3 Å². The summed E-state index contributed by atoms with van der Waals surface area (Å²) in [5.74, 6) is 0.548. The van der Waals surface area contributed by atoms with E-state index in [1.165, 1.54) is 11.1 Å². The van der Waals surface area contributed by atoms with Crippen LogP contribution in [0.15, 0.2) is 23.0 Å². The Morgan fingerprint density at radius 1 is 1.14 bits per heavy atom. The van der Waals surface area contributed by atoms with Crippen LogP contribution in [0.2, 0.25) is 0 Å². The minimum Gasteiger partial charge on any atom is -0.444 e. The number of nitrogens with zero attached hydrogens (tertiary/aromatic N) is 4. The summed E-state index contributed by atoms with van der Waals surface area (Å²) in [6.45, 7) is 12.9. The first-order valence-electron chi connectivity index (χ1n) is 12.2. The number of carbonyl (C=O) groups excluding carboxylic acids is 1. The zero-order valence-electron chi connectivity index (χ0n) is 21.1. The monoisotopic (exact) mass is 479 g/mol. The molecule has 2 aliphatic rings. The molecular weight excluding hydrogens is 446 g/mol. The molecule has 9 nitrogen and oxygen atoms in total. The van der Waals surface area contributed by atoms with Crippen molar-refractivity contribution in [3.05, 3.63) is 51.1 Å². The molecule has 35 heavy (non-hydrogen) atoms. The fourth-order valence-corrected chi connectivity index (χ4v) is 4.88. The molecular formula is C26H33N5O4. The fourth-order valence-electron chi connectivity index (χ4n) is 4.88. The first kappa shape index (κ1) is 23.4. The number of ether oxygens (including phenoxy) is 2. The average molecular weight is 480 g/mol. The molecule has 0 atom stereocenters. The summed E-state index contributed by atoms with van der Waals surface area (Å²) in [5.41, 5.74) is 5.84. The van der Waals surface area contributed by atoms with E-state index in [1.54, 1.807) is 9.30 Å². The highest BCUT2D eigenvalue weighted by Gasteiger charge is 2.29. The number of H-pyrrole nitrogens is 1. The van der Waals surface area contributed by atoms with Crippen molar-refractivity contribution in [1.82, 2.24) is 19.3 Å². The summed E-state index contributed by atoms with van der Waals surface area (Å²) in [6, 6.07) is 6.24. The number of piperazine rings is 1. The first-order valence-corrected chi connectivity index (χ1v) is 12.2. The number of aromatic nitrogens is 3. The van der Waals surface area contributed by atoms with E-state index in [4.69, 9.17) is 14.5 Å². The second-order valence-electron chi connectivity index (χ2n) is 10.2. The van der Waals surface area contributed by atoms with Gasteiger partial charge in [-0.25, -0.2) is 14.2 Å². The topological polar surface area (TPSA) is 92.2 Å². The summed E-state index contributed by atoms with van der Waals surface area (Å²) in [4.78, 5) is 38.3. The fraction of sp³-hybridized carbons (Fsp3) is 0.500. The smallest absolute Gasteiger partial charge is 0.410 e. The van der Waals surface area contributed by atoms with Crippen LogP contribution in [0.1, 0.15) is 50.2 Å². The highest BCUT2D eigenvalue weighted by atomic mass is 16.6. The Labute approximate surface area is 204 Å². The number of rotatable bonds is 3. The van der Waals surface area contributed by atoms with E-state index in [9.17, 15) is 9.59 Å². The summed E-state index contributed by atoms with van der Waals surface area (Å²) < 4.78 is 12.7. The zero-order valence-corrected chi connectivity index (χ0v) is 21.1. The predicted octanol–water partition coefficient (Wildman–Crippen LogP) is 3.65. The molecule has 0 unspecified atom stereocenters. The highest BCUT2D eigenvalue weighted by Crippen LogP contribution is 2.29. The standard InChI is InChI=1S/C26H33N5O4/c1-6-20-22(29-9-11-30(12-10-29)25(33)35-26(3,4)5)23(32)31-16(2)21(28-24(31)27-20)17-7-8-18-14-34-15-19(18)13-17/h7-8,13H,6,9-12,14-15H2,1-5H3,(H,27,28). The number of amides is 1. The largest absolute Gasteiger partial charge is 0.444 e. The minimum absolute atomic E-state index is 0.0814. The van der Waals surface area contributed by atoms with Gasteiger partial charge in [0.2, 0.25) is 5.78 Å². The number of aryl methyl sites for hydroxylation is 2. The van der Waals surface area contributed by atoms with Crippen molar-refractivity contribution in [2.75, 3.05) is 31.1 Å². The molecule has 9 heteroatoms. The molecule has 0 saturated carbocycles. The predicted molar refractivity (Wildman–Crippen MR) is 134 cm³/mol. The van der Waals surface area contributed by atoms with Gasteiger partial charge in [0.15, 0.2) is 0 Å². The van der Waals surface area contributed by atoms with Crippen LogP contribution in [0, 0.1) is 6.92 Å². The van der Waals surface area contributed by atoms with Crippen LogP contribution >= 0.6 is 0 Å². The average Bonchev–Trinajstić information content (AvgIpc) is 3.41. The third kappa shape index (κ3) is 4.29. The maximum Gasteiger partial charge on any atom is 0.410 e. The quantitative estimate of drug-likeness (QED) is 0.617. The molecule has 1 amide bonds. The van der Waals surface area contributed by atoms with E-state index >= 15 is 0 Å². The number of nitrogens with one attached hydrogen (secondary N) is 1. The Hall–Kier alpha value is -3.33. The first-order chi connectivity index (χ1) is 16.7. The molecule has 0 aliphatic carbocycles. The SMILES string of the molecule is CCc1[nH]c2nc(-c3ccc4c(c3)COC4)c(C)n2c(=O)c1N1CCN(C(=O)OC(C)(C)C)CC1. The lowest BCUT2D eigenvalue weighted by molar-refractivity contribution is 0.0240. The van der Waals surface area contributed by atoms with Gasteiger partial charge >= 0.3 is 6.09 Å². The molecule has 2 aliphatic heterocycles. The third-order valence-electron chi connectivity index (χ3n) is 6.66. The maximum atomic E-state index is 13.8. The van der Waals surface area contributed by atoms with Crippen molar-refractivity contribution in [1.29, 1.82) is 0 Å². The van der Waals surface area contributed by atoms with Crippen molar-refractivity contribution in [2.45, 2.75) is 59.9 Å². The number of fused-ring (bicyclic) bond motifs is 2. The number of imidazole rings is 1. The van der Waals surface area contributed by atoms with E-state index in [1.807, 2.05) is 40.7 Å². The molecule has 1 N–H and O–H groups in total. The van der Waals surface area contributed by atoms with Crippen LogP contribution in [0.3, 0.4) is 0 Å². The molecule has 0 bridgehead atoms. The normalized spacial score (nSPS) is 16.1. The summed E-state index contributed by atoms with van der Waals surface area (Å²) in [6.07, 6.45) is 0.359. The van der Waals surface area contributed by atoms with Crippen LogP contribution < -0.4 is 10.5 Å². The molecule has 4 heterocycles. The van der Waals surface area contributed by atoms with Crippen LogP contribution in [-0.4, -0.2) is 57.1 Å². The van der Waals surface area contributed by atoms with Gasteiger partial charge in [-0.1, -0.05) is 19.1 Å². The molecule has 2 aromatic heterocycles. The number of hydrogen-bond acceptors (Lipinski definition) is 6. The summed E-state index contributed by atoms with van der Waals surface area (Å²) in [5, 5.41) is 0. The van der Waals surface area contributed by atoms with Crippen molar-refractivity contribution in [3.63, 3.8) is 0 Å². The van der Waals surface area contributed by atoms with Crippen molar-refractivity contribution < 1.29 is 14.3 Å². The molecule has 5 rings (SSSR count). The van der Waals surface area contributed by atoms with Gasteiger partial charge in [-0.05, 0) is 51.3 Å². The number of aromatic amines is 1. The Kier molecular flexibility index (Phi) is 5.83. The van der Waals surface area contributed by atoms with E-state index in [-0.39, 0.29) is 11.7 Å². The van der Waals surface area contributed by atoms with Gasteiger partial charge in [0.25, 0.3) is 5.56 Å². The Morgan fingerprint density at radius 3 is 2.54 bits per heavy atom. The highest BCUT2D eigenvalue weighted by molar-refractivity contribution is 5.69. The van der Waals surface area contributed by atoms with Gasteiger partial charge in [0.1, 0.15) is 11.3 Å². The van der Waals surface area contributed by atoms with Gasteiger partial charge in [-0.2, -0.15) is 0 Å². The van der Waals surface area contributed by atoms with Gasteiger partial charge in [-0.3, -0.25) is 4.79 Å². The van der Waals surface area contributed by atoms with Gasteiger partial charge in [0.05, 0.1) is 24.6 Å². The van der Waals surface area contributed by atoms with E-state index in [2.05, 4.69) is 22.0 Å². The number of carbonyl (C=O) groups is 1. The van der Waals surface area contributed by atoms with Gasteiger partial charge in [-0.15, -0.1) is 0 Å². The lowest BCUT2D eigenvalue weighted by atomic mass is 10.0. The molecule has 1 saturated heterocycles. The molecule has 1 fully saturated rings. The van der Waals surface area contributed by atoms with E-state index in [0.717, 1.165) is 22.6 Å². The second kappa shape index (κ2) is 8.71. The number of anilines is 1. The lowest BCUT2D eigenvalue weighted by Crippen LogP contribution is -2.51. The Morgan fingerprint density at radius 2 is 1.86 bits per heavy atom. The lowest BCUT2D eigenvalue weighted by Gasteiger charge is -2.37. The van der Waals surface area contributed by atoms with Crippen LogP contribution in [0.5, 0.6) is 0 Å². The van der Waals surface area contributed by atoms with Crippen molar-refractivity contribution >= 4 is 17.6 Å². The molecule has 186 valence electrons. The minimum atomic E-state index is -0.533. The molecule has 0 radical (unpaired) electrons. The van der Waals surface area contributed by atoms with Gasteiger partial charge in [0, 0.05) is 37.4 Å². The summed E-state index contributed by atoms with van der Waals surface area (Å²) >= 11 is 0. The second-order valence-corrected chi connectivity index (χ2v) is 10.2. The maximum absolute atomic E-state index is 13.8. The van der Waals surface area contributed by atoms with Crippen LogP contribution in [0.4, 0.5) is 10.5 Å². The van der Waals surface area contributed by atoms with Crippen LogP contribution in [0.25, 0.3) is 17.0 Å². The number of benzene rings is 1. The molecule has 0 spiro atoms. The van der Waals surface area contributed by atoms with Crippen LogP contribution in [-0.2, 0) is 29.1 Å². The third-order valence-corrected chi connectivity index (χ3v) is 6.66. The van der Waals surface area contributed by atoms with E-state index < -0.39 is 5.60 Å². The Balaban J connectivity index is 1.47. The van der Waals surface area contributed by atoms with Crippen molar-refractivity contribution in [3.8, 4) is 11.3 Å². The van der Waals surface area contributed by atoms with Gasteiger partial charge < -0.3 is 24.3 Å². The number of hydrogen-bond donors (Lipinski definition) is 1.